The number of nitrogens with zero attached hydrogens (tertiary/aromatic N) is 5. The summed E-state index contributed by atoms with van der Waals surface area (Å²) in [5.41, 5.74) is 8.58. The number of anilines is 1. The SMILES string of the molecule is CC.CCC1(C)CNCc2oc(C)nc21.COc1cccc2c1nc(N)n1nc(CCCl)nc21. The van der Waals surface area contributed by atoms with Gasteiger partial charge in [0.15, 0.2) is 17.4 Å². The van der Waals surface area contributed by atoms with Crippen LogP contribution in [0.3, 0.4) is 0 Å². The van der Waals surface area contributed by atoms with E-state index in [0.29, 0.717) is 35.0 Å². The molecule has 1 unspecified atom stereocenters. The van der Waals surface area contributed by atoms with Crippen LogP contribution in [-0.2, 0) is 18.4 Å². The van der Waals surface area contributed by atoms with Crippen LogP contribution in [0.2, 0.25) is 0 Å². The highest BCUT2D eigenvalue weighted by molar-refractivity contribution is 6.17. The van der Waals surface area contributed by atoms with Crippen LogP contribution in [0.15, 0.2) is 22.6 Å². The zero-order chi connectivity index (χ0) is 24.9. The number of nitrogens with two attached hydrogens (primary N) is 1. The highest BCUT2D eigenvalue weighted by Gasteiger charge is 2.34. The van der Waals surface area contributed by atoms with Gasteiger partial charge >= 0.3 is 0 Å². The topological polar surface area (TPSA) is 116 Å². The molecule has 0 aliphatic carbocycles. The smallest absolute Gasteiger partial charge is 0.223 e. The summed E-state index contributed by atoms with van der Waals surface area (Å²) >= 11 is 5.71. The molecule has 0 amide bonds. The second kappa shape index (κ2) is 11.0. The number of ether oxygens (including phenoxy) is 1. The Balaban J connectivity index is 0.000000189. The summed E-state index contributed by atoms with van der Waals surface area (Å²) in [6, 6.07) is 5.63. The normalized spacial score (nSPS) is 16.9. The highest BCUT2D eigenvalue weighted by atomic mass is 35.5. The molecule has 4 aromatic rings. The molecule has 184 valence electrons. The first kappa shape index (κ1) is 25.7. The Hall–Kier alpha value is -2.91. The number of aryl methyl sites for hydroxylation is 2. The standard InChI is InChI=1S/C12H12ClN5O.C10H16N2O.C2H6/c1-19-8-4-2-3-7-10(8)16-12(14)18-11(7)15-9(17-18)5-6-13;1-4-10(3)6-11-5-8-9(10)12-7(2)13-8;1-2/h2-4H,5-6H2,1H3,(H2,14,16);11H,4-6H2,1-3H3;1-2H3. The minimum atomic E-state index is 0.158. The molecule has 0 saturated heterocycles. The third kappa shape index (κ3) is 4.95. The molecule has 5 rings (SSSR count). The van der Waals surface area contributed by atoms with Crippen molar-refractivity contribution in [3.05, 3.63) is 41.4 Å². The van der Waals surface area contributed by atoms with Gasteiger partial charge in [0.2, 0.25) is 5.95 Å². The number of hydrogen-bond acceptors (Lipinski definition) is 8. The predicted molar refractivity (Wildman–Crippen MR) is 136 cm³/mol. The number of fused-ring (bicyclic) bond motifs is 4. The molecule has 0 saturated carbocycles. The summed E-state index contributed by atoms with van der Waals surface area (Å²) in [6.45, 7) is 12.2. The van der Waals surface area contributed by atoms with Gasteiger partial charge < -0.3 is 20.2 Å². The lowest BCUT2D eigenvalue weighted by molar-refractivity contribution is 0.347. The Labute approximate surface area is 205 Å². The monoisotopic (exact) mass is 487 g/mol. The van der Waals surface area contributed by atoms with Crippen molar-refractivity contribution in [2.24, 2.45) is 0 Å². The summed E-state index contributed by atoms with van der Waals surface area (Å²) in [5.74, 6) is 3.86. The minimum absolute atomic E-state index is 0.158. The van der Waals surface area contributed by atoms with Gasteiger partial charge in [0.1, 0.15) is 17.0 Å². The molecule has 3 N–H and O–H groups in total. The van der Waals surface area contributed by atoms with Crippen LogP contribution in [-0.4, -0.2) is 44.1 Å². The fourth-order valence-corrected chi connectivity index (χ4v) is 4.08. The van der Waals surface area contributed by atoms with Crippen molar-refractivity contribution in [1.82, 2.24) is 29.9 Å². The van der Waals surface area contributed by atoms with E-state index in [9.17, 15) is 0 Å². The van der Waals surface area contributed by atoms with E-state index in [1.807, 2.05) is 39.0 Å². The number of nitrogens with one attached hydrogen (secondary N) is 1. The average molecular weight is 488 g/mol. The zero-order valence-corrected chi connectivity index (χ0v) is 21.5. The van der Waals surface area contributed by atoms with Gasteiger partial charge in [0, 0.05) is 36.6 Å². The lowest BCUT2D eigenvalue weighted by Gasteiger charge is -2.30. The van der Waals surface area contributed by atoms with Crippen LogP contribution < -0.4 is 15.8 Å². The van der Waals surface area contributed by atoms with E-state index in [1.165, 1.54) is 4.52 Å². The number of para-hydroxylation sites is 1. The molecular formula is C24H34ClN7O2. The summed E-state index contributed by atoms with van der Waals surface area (Å²) in [4.78, 5) is 13.3. The number of methoxy groups -OCH3 is 1. The number of aromatic nitrogens is 5. The van der Waals surface area contributed by atoms with E-state index in [0.717, 1.165) is 42.2 Å². The second-order valence-electron chi connectivity index (χ2n) is 8.05. The maximum Gasteiger partial charge on any atom is 0.223 e. The van der Waals surface area contributed by atoms with E-state index < -0.39 is 0 Å². The highest BCUT2D eigenvalue weighted by Crippen LogP contribution is 2.32. The molecule has 3 aromatic heterocycles. The number of halogens is 1. The summed E-state index contributed by atoms with van der Waals surface area (Å²) in [6.07, 6.45) is 1.69. The largest absolute Gasteiger partial charge is 0.494 e. The fourth-order valence-electron chi connectivity index (χ4n) is 3.91. The molecule has 10 heteroatoms. The minimum Gasteiger partial charge on any atom is -0.494 e. The van der Waals surface area contributed by atoms with Crippen molar-refractivity contribution >= 4 is 34.1 Å². The van der Waals surface area contributed by atoms with Crippen molar-refractivity contribution < 1.29 is 9.15 Å². The van der Waals surface area contributed by atoms with Crippen LogP contribution in [0.25, 0.3) is 16.6 Å². The van der Waals surface area contributed by atoms with E-state index >= 15 is 0 Å². The van der Waals surface area contributed by atoms with E-state index in [1.54, 1.807) is 7.11 Å². The third-order valence-electron chi connectivity index (χ3n) is 5.83. The average Bonchev–Trinajstić information content (AvgIpc) is 3.45. The van der Waals surface area contributed by atoms with Gasteiger partial charge in [-0.1, -0.05) is 33.8 Å². The Kier molecular flexibility index (Phi) is 8.33. The van der Waals surface area contributed by atoms with Crippen LogP contribution in [0.5, 0.6) is 5.75 Å². The Morgan fingerprint density at radius 2 is 2.03 bits per heavy atom. The molecule has 1 aromatic carbocycles. The van der Waals surface area contributed by atoms with E-state index in [-0.39, 0.29) is 11.4 Å². The van der Waals surface area contributed by atoms with Crippen molar-refractivity contribution in [1.29, 1.82) is 0 Å². The number of rotatable bonds is 4. The fraction of sp³-hybridized carbons (Fsp3) is 0.500. The Morgan fingerprint density at radius 3 is 2.71 bits per heavy atom. The van der Waals surface area contributed by atoms with Crippen LogP contribution in [0, 0.1) is 6.92 Å². The second-order valence-corrected chi connectivity index (χ2v) is 8.43. The van der Waals surface area contributed by atoms with Crippen LogP contribution in [0.4, 0.5) is 5.95 Å². The Bertz CT molecular complexity index is 1250. The molecule has 0 spiro atoms. The van der Waals surface area contributed by atoms with Gasteiger partial charge in [-0.05, 0) is 18.6 Å². The molecule has 0 fully saturated rings. The van der Waals surface area contributed by atoms with Gasteiger partial charge in [-0.2, -0.15) is 4.52 Å². The van der Waals surface area contributed by atoms with Crippen molar-refractivity contribution in [2.45, 2.75) is 59.4 Å². The number of alkyl halides is 1. The molecule has 1 aliphatic rings. The lowest BCUT2D eigenvalue weighted by Crippen LogP contribution is -2.40. The molecule has 4 heterocycles. The van der Waals surface area contributed by atoms with E-state index in [4.69, 9.17) is 26.5 Å². The van der Waals surface area contributed by atoms with Crippen molar-refractivity contribution in [3.8, 4) is 5.75 Å². The zero-order valence-electron chi connectivity index (χ0n) is 20.8. The molecule has 1 aliphatic heterocycles. The summed E-state index contributed by atoms with van der Waals surface area (Å²) < 4.78 is 12.4. The van der Waals surface area contributed by atoms with E-state index in [2.05, 4.69) is 39.2 Å². The number of hydrogen-bond donors (Lipinski definition) is 2. The first-order chi connectivity index (χ1) is 16.4. The lowest BCUT2D eigenvalue weighted by atomic mass is 9.81. The van der Waals surface area contributed by atoms with Crippen molar-refractivity contribution in [3.63, 3.8) is 0 Å². The van der Waals surface area contributed by atoms with Gasteiger partial charge in [-0.3, -0.25) is 0 Å². The maximum absolute atomic E-state index is 5.92. The number of oxazole rings is 1. The van der Waals surface area contributed by atoms with Crippen molar-refractivity contribution in [2.75, 3.05) is 25.3 Å². The molecule has 34 heavy (non-hydrogen) atoms. The first-order valence-corrected chi connectivity index (χ1v) is 12.1. The molecule has 1 atom stereocenters. The number of benzene rings is 1. The summed E-state index contributed by atoms with van der Waals surface area (Å²) in [5, 5.41) is 8.51. The van der Waals surface area contributed by atoms with Gasteiger partial charge in [-0.25, -0.2) is 15.0 Å². The predicted octanol–water partition coefficient (Wildman–Crippen LogP) is 4.43. The summed E-state index contributed by atoms with van der Waals surface area (Å²) in [7, 11) is 1.60. The van der Waals surface area contributed by atoms with Gasteiger partial charge in [-0.15, -0.1) is 16.7 Å². The van der Waals surface area contributed by atoms with Crippen LogP contribution in [0.1, 0.15) is 57.3 Å². The van der Waals surface area contributed by atoms with Gasteiger partial charge in [0.25, 0.3) is 0 Å². The number of nitrogen functional groups attached to an aromatic ring is 1. The van der Waals surface area contributed by atoms with Crippen LogP contribution >= 0.6 is 11.6 Å². The molecule has 0 bridgehead atoms. The third-order valence-corrected chi connectivity index (χ3v) is 6.02. The maximum atomic E-state index is 5.92. The quantitative estimate of drug-likeness (QED) is 0.406. The molecule has 9 nitrogen and oxygen atoms in total. The molecule has 0 radical (unpaired) electrons. The Morgan fingerprint density at radius 1 is 1.26 bits per heavy atom. The molecular weight excluding hydrogens is 454 g/mol. The first-order valence-electron chi connectivity index (χ1n) is 11.6. The van der Waals surface area contributed by atoms with Gasteiger partial charge in [0.05, 0.1) is 19.3 Å².